The number of ether oxygens (including phenoxy) is 2. The van der Waals surface area contributed by atoms with Crippen LogP contribution in [0.4, 0.5) is 4.79 Å². The summed E-state index contributed by atoms with van der Waals surface area (Å²) >= 11 is 1.24. The first-order valence-electron chi connectivity index (χ1n) is 7.81. The molecule has 120 valence electrons. The van der Waals surface area contributed by atoms with Crippen LogP contribution in [0.2, 0.25) is 0 Å². The zero-order valence-corrected chi connectivity index (χ0v) is 14.1. The van der Waals surface area contributed by atoms with Gasteiger partial charge in [0, 0.05) is 6.08 Å². The minimum absolute atomic E-state index is 0.0530. The molecule has 0 unspecified atom stereocenters. The number of hydrogen-bond acceptors (Lipinski definition) is 5. The van der Waals surface area contributed by atoms with Gasteiger partial charge in [0.15, 0.2) is 0 Å². The van der Waals surface area contributed by atoms with E-state index < -0.39 is 10.9 Å². The average molecular weight is 314 g/mol. The van der Waals surface area contributed by atoms with Crippen LogP contribution in [-0.4, -0.2) is 22.6 Å². The third-order valence-corrected chi connectivity index (χ3v) is 4.73. The van der Waals surface area contributed by atoms with E-state index in [1.54, 1.807) is 6.92 Å². The quantitative estimate of drug-likeness (QED) is 0.451. The van der Waals surface area contributed by atoms with Crippen molar-refractivity contribution in [3.63, 3.8) is 0 Å². The maximum atomic E-state index is 11.6. The van der Waals surface area contributed by atoms with Crippen molar-refractivity contribution in [3.8, 4) is 0 Å². The number of carbonyl (C=O) groups excluding carboxylic acids is 2. The minimum atomic E-state index is -0.728. The summed E-state index contributed by atoms with van der Waals surface area (Å²) in [6.45, 7) is 6.15. The van der Waals surface area contributed by atoms with Gasteiger partial charge < -0.3 is 9.47 Å². The van der Waals surface area contributed by atoms with Gasteiger partial charge in [0.1, 0.15) is 5.76 Å². The van der Waals surface area contributed by atoms with Gasteiger partial charge in [0.2, 0.25) is 5.12 Å². The van der Waals surface area contributed by atoms with E-state index in [1.165, 1.54) is 43.5 Å². The second-order valence-corrected chi connectivity index (χ2v) is 6.97. The van der Waals surface area contributed by atoms with Gasteiger partial charge in [-0.2, -0.15) is 0 Å². The molecule has 0 N–H and O–H groups in total. The normalized spacial score (nSPS) is 21.3. The largest absolute Gasteiger partial charge is 0.513 e. The van der Waals surface area contributed by atoms with Crippen molar-refractivity contribution >= 4 is 23.0 Å². The van der Waals surface area contributed by atoms with Crippen molar-refractivity contribution in [2.45, 2.75) is 70.5 Å². The highest BCUT2D eigenvalue weighted by Gasteiger charge is 2.40. The summed E-state index contributed by atoms with van der Waals surface area (Å²) in [5, 5.41) is -0.0530. The molecule has 0 aromatic heterocycles. The summed E-state index contributed by atoms with van der Waals surface area (Å²) in [7, 11) is 0. The molecule has 0 aliphatic carbocycles. The molecule has 1 atom stereocenters. The van der Waals surface area contributed by atoms with E-state index >= 15 is 0 Å². The van der Waals surface area contributed by atoms with E-state index in [9.17, 15) is 9.59 Å². The van der Waals surface area contributed by atoms with Crippen LogP contribution in [0.3, 0.4) is 0 Å². The fraction of sp³-hybridized carbons (Fsp3) is 0.750. The molecule has 21 heavy (non-hydrogen) atoms. The standard InChI is InChI=1S/C16H26O4S/c1-4-6-7-8-9-10-11-16(3)13(12-14(17)21-16)20-15(18)19-5-2/h12H,4-11H2,1-3H3/t16-/m0/s1. The van der Waals surface area contributed by atoms with E-state index in [-0.39, 0.29) is 11.7 Å². The van der Waals surface area contributed by atoms with Crippen LogP contribution in [0.15, 0.2) is 11.8 Å². The van der Waals surface area contributed by atoms with E-state index in [0.29, 0.717) is 5.76 Å². The molecule has 5 heteroatoms. The second-order valence-electron chi connectivity index (χ2n) is 5.46. The third-order valence-electron chi connectivity index (χ3n) is 3.56. The number of hydrogen-bond donors (Lipinski definition) is 0. The van der Waals surface area contributed by atoms with Crippen molar-refractivity contribution in [2.75, 3.05) is 6.61 Å². The molecule has 1 heterocycles. The zero-order chi connectivity index (χ0) is 15.7. The Morgan fingerprint density at radius 3 is 2.52 bits per heavy atom. The molecule has 0 saturated heterocycles. The summed E-state index contributed by atoms with van der Waals surface area (Å²) in [4.78, 5) is 23.1. The van der Waals surface area contributed by atoms with Crippen LogP contribution in [0.1, 0.15) is 65.7 Å². The molecule has 0 fully saturated rings. The summed E-state index contributed by atoms with van der Waals surface area (Å²) < 4.78 is 9.54. The van der Waals surface area contributed by atoms with Gasteiger partial charge in [-0.05, 0) is 20.3 Å². The Bertz CT molecular complexity index is 392. The molecule has 1 aliphatic rings. The molecule has 0 radical (unpaired) electrons. The molecular formula is C16H26O4S. The van der Waals surface area contributed by atoms with E-state index in [0.717, 1.165) is 19.3 Å². The monoisotopic (exact) mass is 314 g/mol. The fourth-order valence-electron chi connectivity index (χ4n) is 2.35. The highest BCUT2D eigenvalue weighted by atomic mass is 32.2. The highest BCUT2D eigenvalue weighted by molar-refractivity contribution is 8.15. The van der Waals surface area contributed by atoms with Crippen molar-refractivity contribution < 1.29 is 19.1 Å². The lowest BCUT2D eigenvalue weighted by molar-refractivity contribution is -0.106. The Hall–Kier alpha value is -0.970. The molecule has 0 aromatic rings. The fourth-order valence-corrected chi connectivity index (χ4v) is 3.41. The lowest BCUT2D eigenvalue weighted by Crippen LogP contribution is -2.24. The zero-order valence-electron chi connectivity index (χ0n) is 13.3. The van der Waals surface area contributed by atoms with Crippen molar-refractivity contribution in [3.05, 3.63) is 11.8 Å². The molecule has 1 rings (SSSR count). The summed E-state index contributed by atoms with van der Waals surface area (Å²) in [6.07, 6.45) is 8.71. The van der Waals surface area contributed by atoms with Crippen molar-refractivity contribution in [1.29, 1.82) is 0 Å². The first-order chi connectivity index (χ1) is 10.0. The smallest absolute Gasteiger partial charge is 0.434 e. The molecule has 0 amide bonds. The SMILES string of the molecule is CCCCCCCC[C@]1(C)SC(=O)C=C1OC(=O)OCC. The van der Waals surface area contributed by atoms with Crippen LogP contribution in [-0.2, 0) is 14.3 Å². The average Bonchev–Trinajstić information content (AvgIpc) is 2.69. The number of rotatable bonds is 9. The Labute approximate surface area is 131 Å². The van der Waals surface area contributed by atoms with Crippen molar-refractivity contribution in [2.24, 2.45) is 0 Å². The lowest BCUT2D eigenvalue weighted by Gasteiger charge is -2.24. The molecule has 1 aliphatic heterocycles. The lowest BCUT2D eigenvalue weighted by atomic mass is 9.99. The first-order valence-corrected chi connectivity index (χ1v) is 8.63. The molecule has 4 nitrogen and oxygen atoms in total. The maximum absolute atomic E-state index is 11.6. The summed E-state index contributed by atoms with van der Waals surface area (Å²) in [5.41, 5.74) is 0. The maximum Gasteiger partial charge on any atom is 0.513 e. The van der Waals surface area contributed by atoms with Gasteiger partial charge in [-0.15, -0.1) is 0 Å². The molecule has 0 saturated carbocycles. The van der Waals surface area contributed by atoms with Gasteiger partial charge in [-0.3, -0.25) is 4.79 Å². The number of thioether (sulfide) groups is 1. The first kappa shape index (κ1) is 18.1. The molecule has 0 spiro atoms. The second kappa shape index (κ2) is 9.13. The van der Waals surface area contributed by atoms with Crippen LogP contribution in [0.25, 0.3) is 0 Å². The van der Waals surface area contributed by atoms with Gasteiger partial charge in [0.05, 0.1) is 11.4 Å². The predicted octanol–water partition coefficient (Wildman–Crippen LogP) is 4.83. The van der Waals surface area contributed by atoms with E-state index in [4.69, 9.17) is 9.47 Å². The summed E-state index contributed by atoms with van der Waals surface area (Å²) in [6, 6.07) is 0. The number of carbonyl (C=O) groups is 2. The Kier molecular flexibility index (Phi) is 7.86. The van der Waals surface area contributed by atoms with Crippen LogP contribution in [0.5, 0.6) is 0 Å². The summed E-state index contributed by atoms with van der Waals surface area (Å²) in [5.74, 6) is 0.435. The van der Waals surface area contributed by atoms with E-state index in [2.05, 4.69) is 6.92 Å². The van der Waals surface area contributed by atoms with Crippen LogP contribution < -0.4 is 0 Å². The van der Waals surface area contributed by atoms with Gasteiger partial charge in [-0.25, -0.2) is 4.79 Å². The number of unbranched alkanes of at least 4 members (excludes halogenated alkanes) is 5. The Balaban J connectivity index is 2.44. The van der Waals surface area contributed by atoms with E-state index in [1.807, 2.05) is 6.92 Å². The molecule has 0 aromatic carbocycles. The molecule has 0 bridgehead atoms. The van der Waals surface area contributed by atoms with Crippen molar-refractivity contribution in [1.82, 2.24) is 0 Å². The van der Waals surface area contributed by atoms with Crippen LogP contribution >= 0.6 is 11.8 Å². The van der Waals surface area contributed by atoms with Crippen LogP contribution in [0, 0.1) is 0 Å². The van der Waals surface area contributed by atoms with Gasteiger partial charge in [0.25, 0.3) is 0 Å². The minimum Gasteiger partial charge on any atom is -0.434 e. The topological polar surface area (TPSA) is 52.6 Å². The predicted molar refractivity (Wildman–Crippen MR) is 85.2 cm³/mol. The highest BCUT2D eigenvalue weighted by Crippen LogP contribution is 2.44. The third kappa shape index (κ3) is 6.12. The van der Waals surface area contributed by atoms with Gasteiger partial charge >= 0.3 is 6.16 Å². The van der Waals surface area contributed by atoms with Gasteiger partial charge in [-0.1, -0.05) is 57.2 Å². The Morgan fingerprint density at radius 1 is 1.19 bits per heavy atom. The molecular weight excluding hydrogens is 288 g/mol. The Morgan fingerprint density at radius 2 is 1.86 bits per heavy atom.